The van der Waals surface area contributed by atoms with E-state index in [1.807, 2.05) is 30.3 Å². The second-order valence-corrected chi connectivity index (χ2v) is 11.2. The molecule has 0 aliphatic carbocycles. The number of benzene rings is 3. The molecular weight excluding hydrogens is 533 g/mol. The third-order valence-electron chi connectivity index (χ3n) is 6.88. The number of piperidine rings is 1. The highest BCUT2D eigenvalue weighted by molar-refractivity contribution is 5.98. The molecule has 0 unspecified atom stereocenters. The highest BCUT2D eigenvalue weighted by atomic mass is 19.3. The lowest BCUT2D eigenvalue weighted by Crippen LogP contribution is -2.42. The first-order valence-electron chi connectivity index (χ1n) is 13.4. The van der Waals surface area contributed by atoms with Crippen LogP contribution in [-0.4, -0.2) is 41.5 Å². The molecule has 1 N–H and O–H groups in total. The molecule has 41 heavy (non-hydrogen) atoms. The molecule has 2 heterocycles. The molecule has 2 amide bonds. The topological polar surface area (TPSA) is 71.8 Å². The first-order valence-corrected chi connectivity index (χ1v) is 13.4. The fourth-order valence-corrected chi connectivity index (χ4v) is 4.80. The Labute approximate surface area is 236 Å². The number of amides is 2. The van der Waals surface area contributed by atoms with Crippen molar-refractivity contribution in [2.24, 2.45) is 0 Å². The molecule has 3 aromatic carbocycles. The number of hydrogen-bond donors (Lipinski definition) is 1. The number of rotatable bonds is 5. The molecule has 0 saturated carbocycles. The Bertz CT molecular complexity index is 1560. The van der Waals surface area contributed by atoms with E-state index in [1.54, 1.807) is 45.0 Å². The van der Waals surface area contributed by atoms with Gasteiger partial charge in [0.25, 0.3) is 11.8 Å². The highest BCUT2D eigenvalue weighted by Crippen LogP contribution is 2.36. The zero-order valence-electron chi connectivity index (χ0n) is 23.1. The van der Waals surface area contributed by atoms with Gasteiger partial charge in [0.05, 0.1) is 6.54 Å². The van der Waals surface area contributed by atoms with Gasteiger partial charge in [0.15, 0.2) is 0 Å². The third kappa shape index (κ3) is 6.73. The summed E-state index contributed by atoms with van der Waals surface area (Å²) in [7, 11) is 0. The predicted octanol–water partition coefficient (Wildman–Crippen LogP) is 7.80. The summed E-state index contributed by atoms with van der Waals surface area (Å²) in [6, 6.07) is 18.8. The Balaban J connectivity index is 1.44. The molecule has 1 aliphatic rings. The van der Waals surface area contributed by atoms with Crippen LogP contribution in [0.25, 0.3) is 33.2 Å². The Hall–Kier alpha value is -4.27. The first-order chi connectivity index (χ1) is 19.4. The van der Waals surface area contributed by atoms with Gasteiger partial charge in [-0.05, 0) is 79.9 Å². The number of hydrogen-bond acceptors (Lipinski definition) is 4. The standard InChI is InChI=1S/C32H31F3N2O4/c1-31(2,3)41-30(39)36-19-26-17-24-16-23(18-27(28(24)40-26)21-8-10-25(33)11-9-21)20-4-6-22(7-5-20)29(38)37-14-12-32(34,35)13-15-37/h4-11,16-18H,12-15,19H2,1-3H3,(H,36,39). The number of carbonyl (C=O) groups is 2. The van der Waals surface area contributed by atoms with Crippen LogP contribution >= 0.6 is 0 Å². The van der Waals surface area contributed by atoms with Crippen LogP contribution in [-0.2, 0) is 11.3 Å². The van der Waals surface area contributed by atoms with Gasteiger partial charge < -0.3 is 19.4 Å². The fraction of sp³-hybridized carbons (Fsp3) is 0.312. The number of alkyl carbamates (subject to hydrolysis) is 1. The van der Waals surface area contributed by atoms with E-state index in [9.17, 15) is 22.8 Å². The number of fused-ring (bicyclic) bond motifs is 1. The quantitative estimate of drug-likeness (QED) is 0.269. The molecule has 1 saturated heterocycles. The molecule has 1 aliphatic heterocycles. The summed E-state index contributed by atoms with van der Waals surface area (Å²) in [5, 5.41) is 3.47. The van der Waals surface area contributed by atoms with Crippen molar-refractivity contribution in [1.82, 2.24) is 10.2 Å². The minimum atomic E-state index is -2.72. The Morgan fingerprint density at radius 3 is 2.20 bits per heavy atom. The minimum absolute atomic E-state index is 0.0247. The van der Waals surface area contributed by atoms with Crippen molar-refractivity contribution in [3.8, 4) is 22.3 Å². The largest absolute Gasteiger partial charge is 0.459 e. The summed E-state index contributed by atoms with van der Waals surface area (Å²) in [5.74, 6) is -2.84. The van der Waals surface area contributed by atoms with Gasteiger partial charge in [-0.2, -0.15) is 0 Å². The van der Waals surface area contributed by atoms with Crippen molar-refractivity contribution in [2.45, 2.75) is 51.7 Å². The monoisotopic (exact) mass is 564 g/mol. The summed E-state index contributed by atoms with van der Waals surface area (Å²) >= 11 is 0. The number of carbonyl (C=O) groups excluding carboxylic acids is 2. The van der Waals surface area contributed by atoms with E-state index in [1.165, 1.54) is 17.0 Å². The normalized spacial score (nSPS) is 15.1. The second-order valence-electron chi connectivity index (χ2n) is 11.2. The lowest BCUT2D eigenvalue weighted by molar-refractivity contribution is -0.0494. The fourth-order valence-electron chi connectivity index (χ4n) is 4.80. The molecule has 0 bridgehead atoms. The Morgan fingerprint density at radius 1 is 0.927 bits per heavy atom. The molecule has 0 radical (unpaired) electrons. The van der Waals surface area contributed by atoms with Gasteiger partial charge in [-0.15, -0.1) is 0 Å². The van der Waals surface area contributed by atoms with Gasteiger partial charge >= 0.3 is 6.09 Å². The van der Waals surface area contributed by atoms with Gasteiger partial charge in [0.1, 0.15) is 22.8 Å². The molecule has 6 nitrogen and oxygen atoms in total. The van der Waals surface area contributed by atoms with Crippen molar-refractivity contribution >= 4 is 23.0 Å². The number of furan rings is 1. The summed E-state index contributed by atoms with van der Waals surface area (Å²) in [4.78, 5) is 26.5. The van der Waals surface area contributed by atoms with Gasteiger partial charge in [-0.1, -0.05) is 24.3 Å². The molecule has 9 heteroatoms. The summed E-state index contributed by atoms with van der Waals surface area (Å²) in [6.07, 6.45) is -1.23. The molecule has 1 aromatic heterocycles. The number of nitrogens with zero attached hydrogens (tertiary/aromatic N) is 1. The number of ether oxygens (including phenoxy) is 1. The molecule has 4 aromatic rings. The van der Waals surface area contributed by atoms with Gasteiger partial charge in [0, 0.05) is 42.4 Å². The SMILES string of the molecule is CC(C)(C)OC(=O)NCc1cc2cc(-c3ccc(C(=O)N4CCC(F)(F)CC4)cc3)cc(-c3ccc(F)cc3)c2o1. The van der Waals surface area contributed by atoms with Crippen molar-refractivity contribution in [2.75, 3.05) is 13.1 Å². The number of likely N-dealkylation sites (tertiary alicyclic amines) is 1. The number of nitrogens with one attached hydrogen (secondary N) is 1. The summed E-state index contributed by atoms with van der Waals surface area (Å²) in [5.41, 5.74) is 3.51. The van der Waals surface area contributed by atoms with Crippen LogP contribution in [0, 0.1) is 5.82 Å². The summed E-state index contributed by atoms with van der Waals surface area (Å²) in [6.45, 7) is 5.50. The Morgan fingerprint density at radius 2 is 1.56 bits per heavy atom. The second kappa shape index (κ2) is 11.0. The zero-order chi connectivity index (χ0) is 29.4. The van der Waals surface area contributed by atoms with Crippen LogP contribution in [0.2, 0.25) is 0 Å². The lowest BCUT2D eigenvalue weighted by Gasteiger charge is -2.31. The Kier molecular flexibility index (Phi) is 7.55. The van der Waals surface area contributed by atoms with Gasteiger partial charge in [-0.3, -0.25) is 4.79 Å². The zero-order valence-corrected chi connectivity index (χ0v) is 23.1. The van der Waals surface area contributed by atoms with Crippen LogP contribution in [0.5, 0.6) is 0 Å². The average molecular weight is 565 g/mol. The van der Waals surface area contributed by atoms with Crippen molar-refractivity contribution in [3.63, 3.8) is 0 Å². The van der Waals surface area contributed by atoms with Gasteiger partial charge in [-0.25, -0.2) is 18.0 Å². The average Bonchev–Trinajstić information content (AvgIpc) is 3.34. The number of alkyl halides is 2. The van der Waals surface area contributed by atoms with E-state index in [0.29, 0.717) is 16.9 Å². The lowest BCUT2D eigenvalue weighted by atomic mass is 9.96. The van der Waals surface area contributed by atoms with Crippen molar-refractivity contribution in [3.05, 3.63) is 83.9 Å². The van der Waals surface area contributed by atoms with Crippen LogP contribution < -0.4 is 5.32 Å². The maximum absolute atomic E-state index is 13.7. The van der Waals surface area contributed by atoms with Crippen LogP contribution in [0.3, 0.4) is 0 Å². The molecule has 214 valence electrons. The van der Waals surface area contributed by atoms with Crippen LogP contribution in [0.4, 0.5) is 18.0 Å². The van der Waals surface area contributed by atoms with E-state index < -0.39 is 17.6 Å². The highest BCUT2D eigenvalue weighted by Gasteiger charge is 2.35. The molecule has 0 spiro atoms. The van der Waals surface area contributed by atoms with Crippen LogP contribution in [0.15, 0.2) is 71.1 Å². The van der Waals surface area contributed by atoms with E-state index in [0.717, 1.165) is 27.6 Å². The van der Waals surface area contributed by atoms with E-state index in [4.69, 9.17) is 9.15 Å². The van der Waals surface area contributed by atoms with Crippen molar-refractivity contribution < 1.29 is 31.9 Å². The smallest absolute Gasteiger partial charge is 0.408 e. The third-order valence-corrected chi connectivity index (χ3v) is 6.88. The molecule has 1 fully saturated rings. The van der Waals surface area contributed by atoms with E-state index in [-0.39, 0.29) is 44.2 Å². The number of halogens is 3. The maximum atomic E-state index is 13.7. The first kappa shape index (κ1) is 28.3. The molecular formula is C32H31F3N2O4. The van der Waals surface area contributed by atoms with E-state index >= 15 is 0 Å². The summed E-state index contributed by atoms with van der Waals surface area (Å²) < 4.78 is 52.2. The predicted molar refractivity (Wildman–Crippen MR) is 150 cm³/mol. The minimum Gasteiger partial charge on any atom is -0.459 e. The van der Waals surface area contributed by atoms with Crippen LogP contribution in [0.1, 0.15) is 49.7 Å². The molecule has 5 rings (SSSR count). The van der Waals surface area contributed by atoms with Gasteiger partial charge in [0.2, 0.25) is 0 Å². The van der Waals surface area contributed by atoms with E-state index in [2.05, 4.69) is 5.32 Å². The molecule has 0 atom stereocenters. The van der Waals surface area contributed by atoms with Crippen molar-refractivity contribution in [1.29, 1.82) is 0 Å². The maximum Gasteiger partial charge on any atom is 0.408 e.